The summed E-state index contributed by atoms with van der Waals surface area (Å²) in [5, 5.41) is 1.87. The van der Waals surface area contributed by atoms with Crippen LogP contribution in [0.1, 0.15) is 20.8 Å². The topological polar surface area (TPSA) is 26.3 Å². The molecule has 0 radical (unpaired) electrons. The van der Waals surface area contributed by atoms with E-state index in [9.17, 15) is 4.79 Å². The fraction of sp³-hybridized carbons (Fsp3) is 0.105. The second-order valence-corrected chi connectivity index (χ2v) is 6.16. The Hall–Kier alpha value is -2.39. The summed E-state index contributed by atoms with van der Waals surface area (Å²) >= 11 is 1.38. The van der Waals surface area contributed by atoms with Crippen molar-refractivity contribution in [1.29, 1.82) is 0 Å². The summed E-state index contributed by atoms with van der Waals surface area (Å²) in [7, 11) is 0. The molecule has 1 aromatic heterocycles. The molecule has 0 amide bonds. The maximum Gasteiger partial charge on any atom is 0.353 e. The Kier molecular flexibility index (Phi) is 4.07. The van der Waals surface area contributed by atoms with Gasteiger partial charge in [-0.15, -0.1) is 11.3 Å². The third-order valence-corrected chi connectivity index (χ3v) is 4.33. The van der Waals surface area contributed by atoms with E-state index in [2.05, 4.69) is 31.2 Å². The number of thiophene rings is 1. The molecule has 0 saturated carbocycles. The molecule has 0 spiro atoms. The number of carbonyl (C=O) groups excluding carboxylic acids is 1. The molecule has 22 heavy (non-hydrogen) atoms. The third kappa shape index (κ3) is 3.10. The lowest BCUT2D eigenvalue weighted by Gasteiger charge is -2.09. The molecule has 0 aliphatic heterocycles. The Labute approximate surface area is 134 Å². The Balaban J connectivity index is 1.83. The van der Waals surface area contributed by atoms with Crippen LogP contribution >= 0.6 is 11.3 Å². The molecule has 0 fully saturated rings. The predicted molar refractivity (Wildman–Crippen MR) is 90.6 cm³/mol. The van der Waals surface area contributed by atoms with E-state index in [1.54, 1.807) is 6.07 Å². The van der Waals surface area contributed by atoms with Crippen LogP contribution in [0.3, 0.4) is 0 Å². The van der Waals surface area contributed by atoms with Gasteiger partial charge in [0.15, 0.2) is 0 Å². The first-order valence-electron chi connectivity index (χ1n) is 7.07. The van der Waals surface area contributed by atoms with Gasteiger partial charge >= 0.3 is 5.97 Å². The molecule has 3 heteroatoms. The lowest BCUT2D eigenvalue weighted by atomic mass is 10.0. The highest BCUT2D eigenvalue weighted by Gasteiger charge is 2.11. The van der Waals surface area contributed by atoms with Gasteiger partial charge in [-0.2, -0.15) is 0 Å². The van der Waals surface area contributed by atoms with Gasteiger partial charge in [-0.05, 0) is 54.1 Å². The zero-order valence-electron chi connectivity index (χ0n) is 12.5. The molecular weight excluding hydrogens is 292 g/mol. The van der Waals surface area contributed by atoms with Gasteiger partial charge in [0.2, 0.25) is 0 Å². The summed E-state index contributed by atoms with van der Waals surface area (Å²) in [6.45, 7) is 4.02. The number of rotatable bonds is 3. The number of esters is 1. The summed E-state index contributed by atoms with van der Waals surface area (Å²) in [4.78, 5) is 12.6. The zero-order valence-corrected chi connectivity index (χ0v) is 13.3. The molecule has 2 nitrogen and oxygen atoms in total. The standard InChI is InChI=1S/C19H16O2S/c1-13-5-7-15(8-6-13)16-9-10-17(14(2)12-16)21-19(20)18-4-3-11-22-18/h3-12H,1-2H3. The van der Waals surface area contributed by atoms with Crippen LogP contribution < -0.4 is 4.74 Å². The smallest absolute Gasteiger partial charge is 0.353 e. The van der Waals surface area contributed by atoms with Crippen LogP contribution in [-0.4, -0.2) is 5.97 Å². The highest BCUT2D eigenvalue weighted by atomic mass is 32.1. The molecule has 0 saturated heterocycles. The Bertz CT molecular complexity index is 787. The quantitative estimate of drug-likeness (QED) is 0.488. The lowest BCUT2D eigenvalue weighted by molar-refractivity contribution is 0.0738. The van der Waals surface area contributed by atoms with Gasteiger partial charge in [0.25, 0.3) is 0 Å². The summed E-state index contributed by atoms with van der Waals surface area (Å²) < 4.78 is 5.47. The average Bonchev–Trinajstić information content (AvgIpc) is 3.04. The number of hydrogen-bond donors (Lipinski definition) is 0. The molecule has 3 aromatic rings. The molecule has 0 N–H and O–H groups in total. The molecule has 1 heterocycles. The van der Waals surface area contributed by atoms with E-state index in [-0.39, 0.29) is 5.97 Å². The van der Waals surface area contributed by atoms with Crippen molar-refractivity contribution in [2.75, 3.05) is 0 Å². The van der Waals surface area contributed by atoms with E-state index in [4.69, 9.17) is 4.74 Å². The number of aryl methyl sites for hydroxylation is 2. The first-order chi connectivity index (χ1) is 10.6. The largest absolute Gasteiger partial charge is 0.422 e. The minimum absolute atomic E-state index is 0.304. The summed E-state index contributed by atoms with van der Waals surface area (Å²) in [5.41, 5.74) is 4.46. The van der Waals surface area contributed by atoms with Gasteiger partial charge in [0.05, 0.1) is 0 Å². The highest BCUT2D eigenvalue weighted by Crippen LogP contribution is 2.27. The van der Waals surface area contributed by atoms with E-state index in [0.717, 1.165) is 16.7 Å². The maximum atomic E-state index is 12.0. The Morgan fingerprint density at radius 1 is 0.955 bits per heavy atom. The zero-order chi connectivity index (χ0) is 15.5. The van der Waals surface area contributed by atoms with Crippen molar-refractivity contribution in [3.63, 3.8) is 0 Å². The normalized spacial score (nSPS) is 10.5. The second kappa shape index (κ2) is 6.16. The first-order valence-corrected chi connectivity index (χ1v) is 7.95. The molecule has 0 bridgehead atoms. The molecular formula is C19H16O2S. The van der Waals surface area contributed by atoms with E-state index in [1.165, 1.54) is 16.9 Å². The summed E-state index contributed by atoms with van der Waals surface area (Å²) in [5.74, 6) is 0.301. The van der Waals surface area contributed by atoms with Gasteiger partial charge in [0.1, 0.15) is 10.6 Å². The van der Waals surface area contributed by atoms with Crippen molar-refractivity contribution in [3.8, 4) is 16.9 Å². The number of carbonyl (C=O) groups is 1. The fourth-order valence-electron chi connectivity index (χ4n) is 2.23. The van der Waals surface area contributed by atoms with Crippen molar-refractivity contribution in [2.45, 2.75) is 13.8 Å². The van der Waals surface area contributed by atoms with Crippen molar-refractivity contribution < 1.29 is 9.53 Å². The molecule has 0 unspecified atom stereocenters. The van der Waals surface area contributed by atoms with Gasteiger partial charge in [-0.25, -0.2) is 4.79 Å². The molecule has 0 aliphatic carbocycles. The monoisotopic (exact) mass is 308 g/mol. The van der Waals surface area contributed by atoms with Crippen LogP contribution in [0.2, 0.25) is 0 Å². The van der Waals surface area contributed by atoms with Gasteiger partial charge in [-0.1, -0.05) is 42.0 Å². The van der Waals surface area contributed by atoms with Crippen molar-refractivity contribution in [1.82, 2.24) is 0 Å². The number of benzene rings is 2. The molecule has 2 aromatic carbocycles. The highest BCUT2D eigenvalue weighted by molar-refractivity contribution is 7.12. The average molecular weight is 308 g/mol. The second-order valence-electron chi connectivity index (χ2n) is 5.21. The van der Waals surface area contributed by atoms with Crippen molar-refractivity contribution >= 4 is 17.3 Å². The summed E-state index contributed by atoms with van der Waals surface area (Å²) in [6, 6.07) is 17.9. The number of ether oxygens (including phenoxy) is 1. The fourth-order valence-corrected chi connectivity index (χ4v) is 2.83. The summed E-state index contributed by atoms with van der Waals surface area (Å²) in [6.07, 6.45) is 0. The van der Waals surface area contributed by atoms with Crippen LogP contribution in [0.5, 0.6) is 5.75 Å². The van der Waals surface area contributed by atoms with Gasteiger partial charge in [0, 0.05) is 0 Å². The van der Waals surface area contributed by atoms with Crippen LogP contribution in [0.15, 0.2) is 60.0 Å². The lowest BCUT2D eigenvalue weighted by Crippen LogP contribution is -2.07. The number of hydrogen-bond acceptors (Lipinski definition) is 3. The van der Waals surface area contributed by atoms with Gasteiger partial charge in [-0.3, -0.25) is 0 Å². The molecule has 0 atom stereocenters. The van der Waals surface area contributed by atoms with Crippen LogP contribution in [-0.2, 0) is 0 Å². The Morgan fingerprint density at radius 2 is 1.68 bits per heavy atom. The van der Waals surface area contributed by atoms with E-state index < -0.39 is 0 Å². The molecule has 0 aliphatic rings. The molecule has 3 rings (SSSR count). The predicted octanol–water partition coefficient (Wildman–Crippen LogP) is 5.25. The first kappa shape index (κ1) is 14.5. The van der Waals surface area contributed by atoms with Crippen molar-refractivity contribution in [3.05, 3.63) is 76.0 Å². The minimum atomic E-state index is -0.304. The van der Waals surface area contributed by atoms with Crippen LogP contribution in [0.25, 0.3) is 11.1 Å². The van der Waals surface area contributed by atoms with Crippen LogP contribution in [0.4, 0.5) is 0 Å². The SMILES string of the molecule is Cc1ccc(-c2ccc(OC(=O)c3cccs3)c(C)c2)cc1. The van der Waals surface area contributed by atoms with E-state index in [0.29, 0.717) is 10.6 Å². The van der Waals surface area contributed by atoms with Crippen LogP contribution in [0, 0.1) is 13.8 Å². The van der Waals surface area contributed by atoms with E-state index >= 15 is 0 Å². The van der Waals surface area contributed by atoms with Gasteiger partial charge < -0.3 is 4.74 Å². The Morgan fingerprint density at radius 3 is 2.32 bits per heavy atom. The van der Waals surface area contributed by atoms with E-state index in [1.807, 2.05) is 36.6 Å². The maximum absolute atomic E-state index is 12.0. The third-order valence-electron chi connectivity index (χ3n) is 3.48. The van der Waals surface area contributed by atoms with Crippen molar-refractivity contribution in [2.24, 2.45) is 0 Å². The minimum Gasteiger partial charge on any atom is -0.422 e. The molecule has 110 valence electrons.